The van der Waals surface area contributed by atoms with E-state index in [9.17, 15) is 13.2 Å². The Labute approximate surface area is 151 Å². The molecule has 1 aliphatic rings. The van der Waals surface area contributed by atoms with Crippen molar-refractivity contribution in [1.29, 1.82) is 0 Å². The fourth-order valence-corrected chi connectivity index (χ4v) is 3.46. The number of anilines is 1. The lowest BCUT2D eigenvalue weighted by molar-refractivity contribution is -0.138. The van der Waals surface area contributed by atoms with E-state index in [1.165, 1.54) is 19.1 Å². The minimum atomic E-state index is -4.34. The lowest BCUT2D eigenvalue weighted by atomic mass is 10.0. The first-order valence-electron chi connectivity index (χ1n) is 8.71. The molecule has 1 fully saturated rings. The summed E-state index contributed by atoms with van der Waals surface area (Å²) in [6.45, 7) is 5.43. The van der Waals surface area contributed by atoms with Crippen molar-refractivity contribution in [3.63, 3.8) is 0 Å². The molecule has 2 heterocycles. The predicted octanol–water partition coefficient (Wildman–Crippen LogP) is 4.29. The molecule has 0 unspecified atom stereocenters. The maximum atomic E-state index is 12.9. The number of hydrogen-bond acceptors (Lipinski definition) is 4. The molecule has 7 heteroatoms. The SMILES string of the molecule is Cc1cc(-c2nnc(N[C@@H]3CCCN(C)C3)cc2C)ccc1C(F)(F)F. The van der Waals surface area contributed by atoms with E-state index >= 15 is 0 Å². The van der Waals surface area contributed by atoms with E-state index in [1.807, 2.05) is 13.0 Å². The fourth-order valence-electron chi connectivity index (χ4n) is 3.46. The van der Waals surface area contributed by atoms with E-state index in [-0.39, 0.29) is 5.56 Å². The van der Waals surface area contributed by atoms with Gasteiger partial charge in [0, 0.05) is 18.2 Å². The summed E-state index contributed by atoms with van der Waals surface area (Å²) in [4.78, 5) is 2.28. The number of nitrogens with one attached hydrogen (secondary N) is 1. The standard InChI is InChI=1S/C19H23F3N4/c1-12-9-14(6-7-16(12)19(20,21)22)18-13(2)10-17(24-25-18)23-15-5-4-8-26(3)11-15/h6-7,9-10,15H,4-5,8,11H2,1-3H3,(H,23,24)/t15-/m1/s1. The Bertz CT molecular complexity index is 789. The molecule has 0 amide bonds. The molecule has 0 bridgehead atoms. The van der Waals surface area contributed by atoms with Crippen LogP contribution in [0.15, 0.2) is 24.3 Å². The third-order valence-electron chi connectivity index (χ3n) is 4.77. The molecule has 1 N–H and O–H groups in total. The molecule has 4 nitrogen and oxygen atoms in total. The number of aryl methyl sites for hydroxylation is 2. The molecule has 2 aromatic rings. The van der Waals surface area contributed by atoms with Gasteiger partial charge in [0.1, 0.15) is 5.82 Å². The molecule has 0 radical (unpaired) electrons. The summed E-state index contributed by atoms with van der Waals surface area (Å²) in [7, 11) is 2.10. The molecule has 1 aliphatic heterocycles. The molecular weight excluding hydrogens is 341 g/mol. The minimum Gasteiger partial charge on any atom is -0.365 e. The Hall–Kier alpha value is -2.15. The highest BCUT2D eigenvalue weighted by atomic mass is 19.4. The van der Waals surface area contributed by atoms with Crippen LogP contribution in [0.2, 0.25) is 0 Å². The van der Waals surface area contributed by atoms with E-state index in [4.69, 9.17) is 0 Å². The molecule has 0 saturated carbocycles. The summed E-state index contributed by atoms with van der Waals surface area (Å²) >= 11 is 0. The van der Waals surface area contributed by atoms with Crippen LogP contribution in [0.3, 0.4) is 0 Å². The van der Waals surface area contributed by atoms with Crippen molar-refractivity contribution in [3.8, 4) is 11.3 Å². The van der Waals surface area contributed by atoms with Crippen LogP contribution < -0.4 is 5.32 Å². The maximum Gasteiger partial charge on any atom is 0.416 e. The van der Waals surface area contributed by atoms with Crippen LogP contribution in [0.5, 0.6) is 0 Å². The third kappa shape index (κ3) is 4.15. The topological polar surface area (TPSA) is 41.1 Å². The molecule has 3 rings (SSSR count). The average molecular weight is 364 g/mol. The predicted molar refractivity (Wildman–Crippen MR) is 96.1 cm³/mol. The van der Waals surface area contributed by atoms with Crippen molar-refractivity contribution in [2.24, 2.45) is 0 Å². The van der Waals surface area contributed by atoms with Gasteiger partial charge in [-0.05, 0) is 69.6 Å². The minimum absolute atomic E-state index is 0.184. The highest BCUT2D eigenvalue weighted by Gasteiger charge is 2.32. The molecule has 0 aliphatic carbocycles. The maximum absolute atomic E-state index is 12.9. The van der Waals surface area contributed by atoms with E-state index in [0.29, 0.717) is 23.1 Å². The van der Waals surface area contributed by atoms with Crippen LogP contribution in [0, 0.1) is 13.8 Å². The number of rotatable bonds is 3. The summed E-state index contributed by atoms with van der Waals surface area (Å²) in [5, 5.41) is 11.9. The second-order valence-corrected chi connectivity index (χ2v) is 7.03. The fraction of sp³-hybridized carbons (Fsp3) is 0.474. The molecule has 140 valence electrons. The lowest BCUT2D eigenvalue weighted by Crippen LogP contribution is -2.39. The van der Waals surface area contributed by atoms with Crippen molar-refractivity contribution in [1.82, 2.24) is 15.1 Å². The molecule has 0 spiro atoms. The zero-order valence-corrected chi connectivity index (χ0v) is 15.2. The van der Waals surface area contributed by atoms with E-state index in [2.05, 4.69) is 27.5 Å². The van der Waals surface area contributed by atoms with E-state index in [0.717, 1.165) is 37.6 Å². The quantitative estimate of drug-likeness (QED) is 0.882. The van der Waals surface area contributed by atoms with Crippen LogP contribution in [-0.4, -0.2) is 41.3 Å². The Kier molecular flexibility index (Phi) is 5.18. The first-order chi connectivity index (χ1) is 12.2. The molecule has 1 aromatic carbocycles. The highest BCUT2D eigenvalue weighted by molar-refractivity contribution is 5.65. The summed E-state index contributed by atoms with van der Waals surface area (Å²) in [5.41, 5.74) is 1.69. The number of hydrogen-bond donors (Lipinski definition) is 1. The van der Waals surface area contributed by atoms with Gasteiger partial charge in [0.2, 0.25) is 0 Å². The molecule has 1 aromatic heterocycles. The van der Waals surface area contributed by atoms with Gasteiger partial charge in [-0.1, -0.05) is 6.07 Å². The summed E-state index contributed by atoms with van der Waals surface area (Å²) in [5.74, 6) is 0.704. The van der Waals surface area contributed by atoms with Gasteiger partial charge in [-0.25, -0.2) is 0 Å². The Morgan fingerprint density at radius 3 is 2.50 bits per heavy atom. The van der Waals surface area contributed by atoms with E-state index in [1.54, 1.807) is 0 Å². The number of piperidine rings is 1. The zero-order valence-electron chi connectivity index (χ0n) is 15.2. The van der Waals surface area contributed by atoms with Crippen LogP contribution in [-0.2, 0) is 6.18 Å². The van der Waals surface area contributed by atoms with Crippen molar-refractivity contribution >= 4 is 5.82 Å². The van der Waals surface area contributed by atoms with Gasteiger partial charge in [-0.15, -0.1) is 10.2 Å². The van der Waals surface area contributed by atoms with Gasteiger partial charge in [-0.3, -0.25) is 0 Å². The van der Waals surface area contributed by atoms with Gasteiger partial charge in [-0.2, -0.15) is 13.2 Å². The molecular formula is C19H23F3N4. The normalized spacial score (nSPS) is 18.8. The number of likely N-dealkylation sites (N-methyl/N-ethyl adjacent to an activating group) is 1. The summed E-state index contributed by atoms with van der Waals surface area (Å²) in [6.07, 6.45) is -2.11. The van der Waals surface area contributed by atoms with Crippen molar-refractivity contribution in [3.05, 3.63) is 41.0 Å². The van der Waals surface area contributed by atoms with Crippen LogP contribution in [0.1, 0.15) is 29.5 Å². The molecule has 26 heavy (non-hydrogen) atoms. The number of halogens is 3. The van der Waals surface area contributed by atoms with Gasteiger partial charge >= 0.3 is 6.18 Å². The second-order valence-electron chi connectivity index (χ2n) is 7.03. The van der Waals surface area contributed by atoms with Gasteiger partial charge in [0.15, 0.2) is 0 Å². The van der Waals surface area contributed by atoms with Crippen LogP contribution >= 0.6 is 0 Å². The van der Waals surface area contributed by atoms with Gasteiger partial charge < -0.3 is 10.2 Å². The molecule has 1 saturated heterocycles. The Morgan fingerprint density at radius 1 is 1.12 bits per heavy atom. The van der Waals surface area contributed by atoms with Crippen LogP contribution in [0.25, 0.3) is 11.3 Å². The Balaban J connectivity index is 1.80. The number of nitrogens with zero attached hydrogens (tertiary/aromatic N) is 3. The van der Waals surface area contributed by atoms with Crippen molar-refractivity contribution in [2.75, 3.05) is 25.5 Å². The summed E-state index contributed by atoms with van der Waals surface area (Å²) in [6, 6.07) is 6.32. The number of benzene rings is 1. The van der Waals surface area contributed by atoms with Crippen molar-refractivity contribution < 1.29 is 13.2 Å². The average Bonchev–Trinajstić information content (AvgIpc) is 2.53. The van der Waals surface area contributed by atoms with Crippen LogP contribution in [0.4, 0.5) is 19.0 Å². The first-order valence-corrected chi connectivity index (χ1v) is 8.71. The second kappa shape index (κ2) is 7.23. The zero-order chi connectivity index (χ0) is 18.9. The van der Waals surface area contributed by atoms with Crippen molar-refractivity contribution in [2.45, 2.75) is 38.9 Å². The summed E-state index contributed by atoms with van der Waals surface area (Å²) < 4.78 is 38.8. The highest BCUT2D eigenvalue weighted by Crippen LogP contribution is 2.34. The number of alkyl halides is 3. The number of aromatic nitrogens is 2. The third-order valence-corrected chi connectivity index (χ3v) is 4.77. The number of likely N-dealkylation sites (tertiary alicyclic amines) is 1. The Morgan fingerprint density at radius 2 is 1.88 bits per heavy atom. The molecule has 1 atom stereocenters. The monoisotopic (exact) mass is 364 g/mol. The van der Waals surface area contributed by atoms with Gasteiger partial charge in [0.05, 0.1) is 11.3 Å². The largest absolute Gasteiger partial charge is 0.416 e. The lowest BCUT2D eigenvalue weighted by Gasteiger charge is -2.30. The van der Waals surface area contributed by atoms with Gasteiger partial charge in [0.25, 0.3) is 0 Å². The first kappa shape index (κ1) is 18.6. The van der Waals surface area contributed by atoms with E-state index < -0.39 is 11.7 Å². The smallest absolute Gasteiger partial charge is 0.365 e.